The Balaban J connectivity index is 2.14. The molecule has 1 aliphatic rings. The fourth-order valence-corrected chi connectivity index (χ4v) is 3.19. The summed E-state index contributed by atoms with van der Waals surface area (Å²) < 4.78 is 20.8. The second kappa shape index (κ2) is 5.92. The predicted molar refractivity (Wildman–Crippen MR) is 82.0 cm³/mol. The molecule has 1 fully saturated rings. The van der Waals surface area contributed by atoms with Gasteiger partial charge in [0.05, 0.1) is 12.1 Å². The summed E-state index contributed by atoms with van der Waals surface area (Å²) in [4.78, 5) is 4.32. The van der Waals surface area contributed by atoms with Crippen molar-refractivity contribution in [3.05, 3.63) is 23.9 Å². The highest BCUT2D eigenvalue weighted by atomic mass is 32.2. The van der Waals surface area contributed by atoms with Crippen molar-refractivity contribution >= 4 is 11.4 Å². The van der Waals surface area contributed by atoms with Crippen LogP contribution in [-0.2, 0) is 16.9 Å². The molecule has 1 aromatic heterocycles. The molecule has 0 bridgehead atoms. The maximum atomic E-state index is 12.4. The number of ether oxygens (including phenoxy) is 1. The van der Waals surface area contributed by atoms with E-state index in [9.17, 15) is 4.55 Å². The zero-order chi connectivity index (χ0) is 14.8. The molecule has 0 amide bonds. The number of pyridine rings is 1. The first-order valence-electron chi connectivity index (χ1n) is 7.16. The Morgan fingerprint density at radius 1 is 1.40 bits per heavy atom. The van der Waals surface area contributed by atoms with E-state index in [-0.39, 0.29) is 10.3 Å². The molecule has 1 atom stereocenters. The number of nitrogens with one attached hydrogen (secondary N) is 1. The smallest absolute Gasteiger partial charge is 0.213 e. The molecular formula is C15H24N2O2S. The van der Waals surface area contributed by atoms with Gasteiger partial charge >= 0.3 is 0 Å². The van der Waals surface area contributed by atoms with Gasteiger partial charge in [0.25, 0.3) is 0 Å². The van der Waals surface area contributed by atoms with Crippen molar-refractivity contribution < 1.29 is 9.29 Å². The molecule has 0 spiro atoms. The third-order valence-corrected chi connectivity index (χ3v) is 5.32. The SMILES string of the molecule is CCOc1ccc(C2(N[S+]([O-])C(C)(C)C)CCC2)cn1. The van der Waals surface area contributed by atoms with Gasteiger partial charge in [0.1, 0.15) is 4.75 Å². The van der Waals surface area contributed by atoms with Gasteiger partial charge < -0.3 is 9.29 Å². The van der Waals surface area contributed by atoms with Crippen LogP contribution >= 0.6 is 0 Å². The zero-order valence-electron chi connectivity index (χ0n) is 12.7. The second-order valence-electron chi connectivity index (χ2n) is 6.24. The molecular weight excluding hydrogens is 272 g/mol. The van der Waals surface area contributed by atoms with E-state index < -0.39 is 11.4 Å². The summed E-state index contributed by atoms with van der Waals surface area (Å²) in [5.74, 6) is 0.641. The summed E-state index contributed by atoms with van der Waals surface area (Å²) in [6, 6.07) is 3.92. The van der Waals surface area contributed by atoms with E-state index in [1.54, 1.807) is 0 Å². The maximum absolute atomic E-state index is 12.4. The van der Waals surface area contributed by atoms with E-state index in [2.05, 4.69) is 9.71 Å². The van der Waals surface area contributed by atoms with Crippen LogP contribution in [0.1, 0.15) is 52.5 Å². The molecule has 1 aliphatic carbocycles. The van der Waals surface area contributed by atoms with E-state index in [0.29, 0.717) is 12.5 Å². The van der Waals surface area contributed by atoms with Crippen molar-refractivity contribution in [3.63, 3.8) is 0 Å². The highest BCUT2D eigenvalue weighted by Crippen LogP contribution is 2.42. The lowest BCUT2D eigenvalue weighted by Crippen LogP contribution is -2.54. The van der Waals surface area contributed by atoms with Crippen LogP contribution in [0.4, 0.5) is 0 Å². The third kappa shape index (κ3) is 3.27. The van der Waals surface area contributed by atoms with Gasteiger partial charge in [-0.1, -0.05) is 6.07 Å². The first-order chi connectivity index (χ1) is 9.37. The minimum atomic E-state index is -1.07. The molecule has 1 heterocycles. The normalized spacial score (nSPS) is 19.2. The van der Waals surface area contributed by atoms with E-state index in [1.807, 2.05) is 46.0 Å². The maximum Gasteiger partial charge on any atom is 0.213 e. The van der Waals surface area contributed by atoms with Crippen LogP contribution < -0.4 is 9.46 Å². The summed E-state index contributed by atoms with van der Waals surface area (Å²) in [5.41, 5.74) is 0.917. The van der Waals surface area contributed by atoms with E-state index in [0.717, 1.165) is 24.8 Å². The Kier molecular flexibility index (Phi) is 4.62. The number of hydrogen-bond donors (Lipinski definition) is 1. The molecule has 112 valence electrons. The van der Waals surface area contributed by atoms with Gasteiger partial charge in [-0.05, 0) is 52.5 Å². The Morgan fingerprint density at radius 2 is 2.10 bits per heavy atom. The number of aromatic nitrogens is 1. The molecule has 1 saturated carbocycles. The quantitative estimate of drug-likeness (QED) is 0.849. The summed E-state index contributed by atoms with van der Waals surface area (Å²) in [6.45, 7) is 8.51. The molecule has 1 N–H and O–H groups in total. The molecule has 5 heteroatoms. The van der Waals surface area contributed by atoms with Gasteiger partial charge in [0.2, 0.25) is 5.88 Å². The minimum Gasteiger partial charge on any atom is -0.598 e. The average Bonchev–Trinajstić information content (AvgIpc) is 2.34. The van der Waals surface area contributed by atoms with Crippen LogP contribution in [0.25, 0.3) is 0 Å². The zero-order valence-corrected chi connectivity index (χ0v) is 13.5. The van der Waals surface area contributed by atoms with Crippen LogP contribution in [-0.4, -0.2) is 20.9 Å². The molecule has 2 rings (SSSR count). The van der Waals surface area contributed by atoms with Crippen molar-refractivity contribution in [2.75, 3.05) is 6.61 Å². The van der Waals surface area contributed by atoms with Gasteiger partial charge in [0.15, 0.2) is 0 Å². The first-order valence-corrected chi connectivity index (χ1v) is 8.31. The lowest BCUT2D eigenvalue weighted by atomic mass is 9.73. The molecule has 0 aromatic carbocycles. The predicted octanol–water partition coefficient (Wildman–Crippen LogP) is 2.91. The summed E-state index contributed by atoms with van der Waals surface area (Å²) in [7, 11) is 0. The van der Waals surface area contributed by atoms with Crippen molar-refractivity contribution in [1.29, 1.82) is 0 Å². The first kappa shape index (κ1) is 15.6. The molecule has 1 unspecified atom stereocenters. The van der Waals surface area contributed by atoms with E-state index in [4.69, 9.17) is 4.74 Å². The van der Waals surface area contributed by atoms with Gasteiger partial charge in [-0.15, -0.1) is 4.72 Å². The summed E-state index contributed by atoms with van der Waals surface area (Å²) in [6.07, 6.45) is 5.01. The fourth-order valence-electron chi connectivity index (χ4n) is 2.21. The molecule has 0 saturated heterocycles. The van der Waals surface area contributed by atoms with Crippen LogP contribution in [0.2, 0.25) is 0 Å². The average molecular weight is 296 g/mol. The number of hydrogen-bond acceptors (Lipinski definition) is 4. The Hall–Kier alpha value is -0.780. The standard InChI is InChI=1S/C15H24N2O2S/c1-5-19-13-8-7-12(11-16-13)15(9-6-10-15)17-20(18)14(2,3)4/h7-8,11,17H,5-6,9-10H2,1-4H3. The van der Waals surface area contributed by atoms with Crippen LogP contribution in [0.5, 0.6) is 5.88 Å². The van der Waals surface area contributed by atoms with Crippen molar-refractivity contribution in [3.8, 4) is 5.88 Å². The van der Waals surface area contributed by atoms with Gasteiger partial charge in [-0.25, -0.2) is 4.98 Å². The summed E-state index contributed by atoms with van der Waals surface area (Å²) in [5, 5.41) is 0. The number of nitrogens with zero attached hydrogens (tertiary/aromatic N) is 1. The van der Waals surface area contributed by atoms with Crippen LogP contribution in [0, 0.1) is 0 Å². The van der Waals surface area contributed by atoms with E-state index >= 15 is 0 Å². The topological polar surface area (TPSA) is 57.2 Å². The van der Waals surface area contributed by atoms with Crippen LogP contribution in [0.3, 0.4) is 0 Å². The minimum absolute atomic E-state index is 0.185. The molecule has 4 nitrogen and oxygen atoms in total. The van der Waals surface area contributed by atoms with Gasteiger partial charge in [0, 0.05) is 23.6 Å². The lowest BCUT2D eigenvalue weighted by molar-refractivity contribution is 0.221. The van der Waals surface area contributed by atoms with Gasteiger partial charge in [-0.2, -0.15) is 0 Å². The third-order valence-electron chi connectivity index (χ3n) is 3.63. The molecule has 1 aromatic rings. The van der Waals surface area contributed by atoms with Gasteiger partial charge in [-0.3, -0.25) is 0 Å². The summed E-state index contributed by atoms with van der Waals surface area (Å²) >= 11 is -1.07. The Morgan fingerprint density at radius 3 is 2.50 bits per heavy atom. The molecule has 0 radical (unpaired) electrons. The largest absolute Gasteiger partial charge is 0.598 e. The second-order valence-corrected chi connectivity index (χ2v) is 8.20. The van der Waals surface area contributed by atoms with Crippen molar-refractivity contribution in [1.82, 2.24) is 9.71 Å². The Bertz CT molecular complexity index is 438. The van der Waals surface area contributed by atoms with E-state index in [1.165, 1.54) is 0 Å². The monoisotopic (exact) mass is 296 g/mol. The van der Waals surface area contributed by atoms with Crippen molar-refractivity contribution in [2.45, 2.75) is 57.2 Å². The lowest BCUT2D eigenvalue weighted by Gasteiger charge is -2.43. The van der Waals surface area contributed by atoms with Crippen molar-refractivity contribution in [2.24, 2.45) is 0 Å². The molecule has 20 heavy (non-hydrogen) atoms. The number of rotatable bonds is 5. The fraction of sp³-hybridized carbons (Fsp3) is 0.667. The Labute approximate surface area is 124 Å². The van der Waals surface area contributed by atoms with Crippen LogP contribution in [0.15, 0.2) is 18.3 Å². The molecule has 0 aliphatic heterocycles. The highest BCUT2D eigenvalue weighted by molar-refractivity contribution is 7.90. The highest BCUT2D eigenvalue weighted by Gasteiger charge is 2.45.